The number of carbonyl (C=O) groups excluding carboxylic acids is 2. The summed E-state index contributed by atoms with van der Waals surface area (Å²) in [5.41, 5.74) is -0.404. The summed E-state index contributed by atoms with van der Waals surface area (Å²) in [5, 5.41) is 5.63. The van der Waals surface area contributed by atoms with Crippen LogP contribution in [-0.2, 0) is 14.3 Å². The average Bonchev–Trinajstić information content (AvgIpc) is 2.36. The number of esters is 1. The molecule has 1 amide bonds. The van der Waals surface area contributed by atoms with Crippen molar-refractivity contribution in [3.63, 3.8) is 0 Å². The Hall–Kier alpha value is -1.10. The van der Waals surface area contributed by atoms with E-state index < -0.39 is 5.60 Å². The second-order valence-corrected chi connectivity index (χ2v) is 6.06. The van der Waals surface area contributed by atoms with Crippen molar-refractivity contribution in [2.24, 2.45) is 0 Å². The normalized spacial score (nSPS) is 23.7. The number of rotatable bonds is 0. The number of carbonyl (C=O) groups is 2. The largest absolute Gasteiger partial charge is 0.459 e. The number of ether oxygens (including phenoxy) is 1. The minimum atomic E-state index is -0.404. The molecule has 0 spiro atoms. The van der Waals surface area contributed by atoms with Crippen molar-refractivity contribution in [1.29, 1.82) is 0 Å². The first-order chi connectivity index (χ1) is 9.49. The fourth-order valence-corrected chi connectivity index (χ4v) is 2.35. The van der Waals surface area contributed by atoms with Crippen LogP contribution in [0.1, 0.15) is 65.2 Å². The van der Waals surface area contributed by atoms with E-state index in [1.807, 2.05) is 13.8 Å². The Morgan fingerprint density at radius 1 is 1.00 bits per heavy atom. The van der Waals surface area contributed by atoms with Crippen LogP contribution in [0.5, 0.6) is 0 Å². The van der Waals surface area contributed by atoms with Crippen molar-refractivity contribution in [2.75, 3.05) is 13.2 Å². The zero-order valence-corrected chi connectivity index (χ0v) is 12.8. The van der Waals surface area contributed by atoms with E-state index in [0.29, 0.717) is 13.1 Å². The Bertz CT molecular complexity index is 316. The maximum absolute atomic E-state index is 11.7. The average molecular weight is 284 g/mol. The lowest BCUT2D eigenvalue weighted by molar-refractivity contribution is -0.156. The summed E-state index contributed by atoms with van der Waals surface area (Å²) in [6.07, 6.45) is 8.12. The van der Waals surface area contributed by atoms with Gasteiger partial charge in [0.2, 0.25) is 5.91 Å². The topological polar surface area (TPSA) is 67.4 Å². The highest BCUT2D eigenvalue weighted by molar-refractivity contribution is 5.76. The molecule has 0 saturated carbocycles. The molecular formula is C15H28N2O3. The summed E-state index contributed by atoms with van der Waals surface area (Å²) in [6, 6.07) is 0. The van der Waals surface area contributed by atoms with Gasteiger partial charge in [0, 0.05) is 6.42 Å². The van der Waals surface area contributed by atoms with E-state index in [2.05, 4.69) is 10.6 Å². The van der Waals surface area contributed by atoms with Crippen molar-refractivity contribution in [1.82, 2.24) is 10.6 Å². The molecule has 5 heteroatoms. The molecule has 1 aliphatic heterocycles. The lowest BCUT2D eigenvalue weighted by Gasteiger charge is -2.25. The van der Waals surface area contributed by atoms with E-state index in [4.69, 9.17) is 4.74 Å². The van der Waals surface area contributed by atoms with E-state index in [0.717, 1.165) is 32.1 Å². The molecule has 1 saturated heterocycles. The molecule has 0 atom stereocenters. The van der Waals surface area contributed by atoms with Crippen molar-refractivity contribution < 1.29 is 14.3 Å². The Labute approximate surface area is 121 Å². The molecule has 20 heavy (non-hydrogen) atoms. The fraction of sp³-hybridized carbons (Fsp3) is 0.867. The number of nitrogens with one attached hydrogen (secondary N) is 2. The van der Waals surface area contributed by atoms with Gasteiger partial charge in [-0.15, -0.1) is 0 Å². The highest BCUT2D eigenvalue weighted by Crippen LogP contribution is 2.19. The van der Waals surface area contributed by atoms with Gasteiger partial charge >= 0.3 is 5.97 Å². The monoisotopic (exact) mass is 284 g/mol. The van der Waals surface area contributed by atoms with Gasteiger partial charge in [-0.1, -0.05) is 25.7 Å². The number of cyclic esters (lactones) is 1. The number of hydrogen-bond donors (Lipinski definition) is 2. The summed E-state index contributed by atoms with van der Waals surface area (Å²) in [5.74, 6) is -0.227. The van der Waals surface area contributed by atoms with Gasteiger partial charge < -0.3 is 10.1 Å². The van der Waals surface area contributed by atoms with E-state index in [-0.39, 0.29) is 18.4 Å². The molecule has 1 aliphatic rings. The van der Waals surface area contributed by atoms with Crippen molar-refractivity contribution in [2.45, 2.75) is 70.8 Å². The molecule has 1 fully saturated rings. The molecule has 0 aliphatic carbocycles. The first-order valence-corrected chi connectivity index (χ1v) is 7.69. The molecular weight excluding hydrogens is 256 g/mol. The van der Waals surface area contributed by atoms with Crippen LogP contribution in [0.2, 0.25) is 0 Å². The third-order valence-electron chi connectivity index (χ3n) is 3.50. The summed E-state index contributed by atoms with van der Waals surface area (Å²) >= 11 is 0. The second-order valence-electron chi connectivity index (χ2n) is 6.06. The lowest BCUT2D eigenvalue weighted by atomic mass is 9.99. The van der Waals surface area contributed by atoms with Crippen LogP contribution in [0.3, 0.4) is 0 Å². The van der Waals surface area contributed by atoms with Crippen LogP contribution in [0, 0.1) is 0 Å². The summed E-state index contributed by atoms with van der Waals surface area (Å²) in [7, 11) is 0. The fourth-order valence-electron chi connectivity index (χ4n) is 2.35. The second kappa shape index (κ2) is 8.95. The van der Waals surface area contributed by atoms with E-state index in [9.17, 15) is 9.59 Å². The third-order valence-corrected chi connectivity index (χ3v) is 3.50. The molecule has 0 aromatic rings. The Morgan fingerprint density at radius 3 is 2.40 bits per heavy atom. The van der Waals surface area contributed by atoms with Gasteiger partial charge in [0.25, 0.3) is 0 Å². The lowest BCUT2D eigenvalue weighted by Crippen LogP contribution is -2.39. The minimum Gasteiger partial charge on any atom is -0.459 e. The van der Waals surface area contributed by atoms with E-state index in [1.165, 1.54) is 12.8 Å². The molecule has 1 rings (SSSR count). The maximum atomic E-state index is 11.7. The van der Waals surface area contributed by atoms with Gasteiger partial charge in [-0.3, -0.25) is 14.9 Å². The van der Waals surface area contributed by atoms with Crippen LogP contribution in [-0.4, -0.2) is 30.7 Å². The van der Waals surface area contributed by atoms with Crippen LogP contribution in [0.15, 0.2) is 0 Å². The predicted molar refractivity (Wildman–Crippen MR) is 78.1 cm³/mol. The van der Waals surface area contributed by atoms with Gasteiger partial charge in [-0.05, 0) is 33.1 Å². The highest BCUT2D eigenvalue weighted by atomic mass is 16.6. The first-order valence-electron chi connectivity index (χ1n) is 7.69. The third kappa shape index (κ3) is 8.15. The Balaban J connectivity index is 2.41. The van der Waals surface area contributed by atoms with Gasteiger partial charge in [-0.25, -0.2) is 0 Å². The van der Waals surface area contributed by atoms with Gasteiger partial charge in [0.1, 0.15) is 5.60 Å². The van der Waals surface area contributed by atoms with Gasteiger partial charge in [-0.2, -0.15) is 0 Å². The highest BCUT2D eigenvalue weighted by Gasteiger charge is 2.22. The molecule has 2 N–H and O–H groups in total. The number of hydrogen-bond acceptors (Lipinski definition) is 4. The van der Waals surface area contributed by atoms with Crippen molar-refractivity contribution in [3.05, 3.63) is 0 Å². The summed E-state index contributed by atoms with van der Waals surface area (Å²) in [4.78, 5) is 23.2. The molecule has 0 unspecified atom stereocenters. The van der Waals surface area contributed by atoms with Crippen molar-refractivity contribution in [3.8, 4) is 0 Å². The van der Waals surface area contributed by atoms with Gasteiger partial charge in [0.15, 0.2) is 0 Å². The molecule has 0 radical (unpaired) electrons. The molecule has 0 bridgehead atoms. The first kappa shape index (κ1) is 17.0. The molecule has 116 valence electrons. The molecule has 5 nitrogen and oxygen atoms in total. The maximum Gasteiger partial charge on any atom is 0.320 e. The quantitative estimate of drug-likeness (QED) is 0.669. The van der Waals surface area contributed by atoms with Gasteiger partial charge in [0.05, 0.1) is 13.2 Å². The van der Waals surface area contributed by atoms with Crippen LogP contribution >= 0.6 is 0 Å². The Kier molecular flexibility index (Phi) is 7.59. The zero-order chi connectivity index (χ0) is 14.8. The van der Waals surface area contributed by atoms with Crippen LogP contribution in [0.25, 0.3) is 0 Å². The minimum absolute atomic E-state index is 0.0401. The van der Waals surface area contributed by atoms with Crippen LogP contribution in [0.4, 0.5) is 0 Å². The van der Waals surface area contributed by atoms with E-state index in [1.54, 1.807) is 0 Å². The van der Waals surface area contributed by atoms with Crippen LogP contribution < -0.4 is 10.6 Å². The zero-order valence-electron chi connectivity index (χ0n) is 12.8. The summed E-state index contributed by atoms with van der Waals surface area (Å²) in [6.45, 7) is 4.35. The summed E-state index contributed by atoms with van der Waals surface area (Å²) < 4.78 is 5.45. The van der Waals surface area contributed by atoms with E-state index >= 15 is 0 Å². The molecule has 0 aromatic heterocycles. The predicted octanol–water partition coefficient (Wildman–Crippen LogP) is 2.11. The Morgan fingerprint density at radius 2 is 1.65 bits per heavy atom. The molecule has 0 aromatic carbocycles. The smallest absolute Gasteiger partial charge is 0.320 e. The molecule has 1 heterocycles. The number of amides is 1. The van der Waals surface area contributed by atoms with Crippen molar-refractivity contribution >= 4 is 11.9 Å². The SMILES string of the molecule is CC1(C)CCCCCCCCC(=O)NCNCC(=O)O1. The standard InChI is InChI=1S/C15H28N2O3/c1-15(2)10-8-6-4-3-5-7-9-13(18)17-12-16-11-14(19)20-15/h16H,3-12H2,1-2H3,(H,17,18).